The van der Waals surface area contributed by atoms with Gasteiger partial charge in [-0.2, -0.15) is 4.31 Å². The number of nitrogens with one attached hydrogen (secondary N) is 2. The number of nitrogens with zero attached hydrogens (tertiary/aromatic N) is 1. The Balaban J connectivity index is 1.81. The number of carbonyl (C=O) groups is 1. The predicted octanol–water partition coefficient (Wildman–Crippen LogP) is 0.894. The average molecular weight is 454 g/mol. The Bertz CT molecular complexity index is 1040. The summed E-state index contributed by atoms with van der Waals surface area (Å²) >= 11 is 0. The summed E-state index contributed by atoms with van der Waals surface area (Å²) < 4.78 is 51.9. The van der Waals surface area contributed by atoms with Crippen LogP contribution in [-0.4, -0.2) is 59.5 Å². The Morgan fingerprint density at radius 2 is 1.57 bits per heavy atom. The predicted molar refractivity (Wildman–Crippen MR) is 116 cm³/mol. The SMILES string of the molecule is Cc1ccc(S(=O)(=O)NCCNC(=O)CN(CCc2ccccc2)S(C)(=O)=O)cc1. The van der Waals surface area contributed by atoms with Gasteiger partial charge in [0.05, 0.1) is 17.7 Å². The van der Waals surface area contributed by atoms with Crippen LogP contribution in [0.5, 0.6) is 0 Å². The summed E-state index contributed by atoms with van der Waals surface area (Å²) in [7, 11) is -7.23. The minimum Gasteiger partial charge on any atom is -0.354 e. The van der Waals surface area contributed by atoms with Gasteiger partial charge in [-0.1, -0.05) is 48.0 Å². The fourth-order valence-electron chi connectivity index (χ4n) is 2.66. The van der Waals surface area contributed by atoms with E-state index in [9.17, 15) is 21.6 Å². The number of amides is 1. The van der Waals surface area contributed by atoms with Crippen molar-refractivity contribution in [1.82, 2.24) is 14.3 Å². The summed E-state index contributed by atoms with van der Waals surface area (Å²) in [5.74, 6) is -0.497. The normalized spacial score (nSPS) is 12.1. The molecule has 30 heavy (non-hydrogen) atoms. The summed E-state index contributed by atoms with van der Waals surface area (Å²) in [4.78, 5) is 12.3. The molecule has 8 nitrogen and oxygen atoms in total. The Labute approximate surface area is 178 Å². The highest BCUT2D eigenvalue weighted by Crippen LogP contribution is 2.09. The number of aryl methyl sites for hydroxylation is 1. The summed E-state index contributed by atoms with van der Waals surface area (Å²) in [5, 5.41) is 2.54. The molecule has 0 aliphatic carbocycles. The molecule has 2 aromatic rings. The fourth-order valence-corrected chi connectivity index (χ4v) is 4.47. The lowest BCUT2D eigenvalue weighted by molar-refractivity contribution is -0.121. The molecule has 0 heterocycles. The standard InChI is InChI=1S/C20H27N3O5S2/c1-17-8-10-19(11-9-17)30(27,28)22-14-13-21-20(24)16-23(29(2,25)26)15-12-18-6-4-3-5-7-18/h3-11,22H,12-16H2,1-2H3,(H,21,24). The zero-order chi connectivity index (χ0) is 22.2. The quantitative estimate of drug-likeness (QED) is 0.491. The van der Waals surface area contributed by atoms with E-state index < -0.39 is 26.0 Å². The van der Waals surface area contributed by atoms with Crippen LogP contribution in [0.15, 0.2) is 59.5 Å². The van der Waals surface area contributed by atoms with E-state index in [2.05, 4.69) is 10.0 Å². The third-order valence-corrected chi connectivity index (χ3v) is 7.08. The number of carbonyl (C=O) groups excluding carboxylic acids is 1. The lowest BCUT2D eigenvalue weighted by atomic mass is 10.1. The molecule has 0 unspecified atom stereocenters. The van der Waals surface area contributed by atoms with E-state index in [1.807, 2.05) is 37.3 Å². The van der Waals surface area contributed by atoms with Gasteiger partial charge < -0.3 is 5.32 Å². The molecule has 0 saturated carbocycles. The van der Waals surface area contributed by atoms with Gasteiger partial charge in [-0.05, 0) is 31.0 Å². The third kappa shape index (κ3) is 7.86. The number of hydrogen-bond acceptors (Lipinski definition) is 5. The number of benzene rings is 2. The summed E-state index contributed by atoms with van der Waals surface area (Å²) in [6.07, 6.45) is 1.54. The summed E-state index contributed by atoms with van der Waals surface area (Å²) in [6, 6.07) is 15.8. The van der Waals surface area contributed by atoms with Crippen LogP contribution < -0.4 is 10.0 Å². The molecule has 0 aromatic heterocycles. The highest BCUT2D eigenvalue weighted by molar-refractivity contribution is 7.89. The first kappa shape index (κ1) is 24.0. The van der Waals surface area contributed by atoms with Crippen molar-refractivity contribution in [2.75, 3.05) is 32.4 Å². The monoisotopic (exact) mass is 453 g/mol. The van der Waals surface area contributed by atoms with Crippen LogP contribution in [0.3, 0.4) is 0 Å². The molecule has 1 amide bonds. The molecule has 0 spiro atoms. The minimum atomic E-state index is -3.67. The van der Waals surface area contributed by atoms with Crippen LogP contribution in [0.25, 0.3) is 0 Å². The maximum atomic E-state index is 12.2. The van der Waals surface area contributed by atoms with Crippen molar-refractivity contribution in [3.05, 3.63) is 65.7 Å². The van der Waals surface area contributed by atoms with Gasteiger partial charge in [-0.25, -0.2) is 21.6 Å². The molecule has 2 N–H and O–H groups in total. The molecule has 0 fully saturated rings. The Morgan fingerprint density at radius 1 is 0.933 bits per heavy atom. The van der Waals surface area contributed by atoms with Crippen LogP contribution in [-0.2, 0) is 31.3 Å². The van der Waals surface area contributed by atoms with E-state index in [1.165, 1.54) is 12.1 Å². The molecule has 0 aliphatic heterocycles. The molecule has 0 bridgehead atoms. The first-order valence-electron chi connectivity index (χ1n) is 9.40. The Morgan fingerprint density at radius 3 is 2.17 bits per heavy atom. The lowest BCUT2D eigenvalue weighted by Crippen LogP contribution is -2.43. The maximum absolute atomic E-state index is 12.2. The minimum absolute atomic E-state index is 0.00909. The van der Waals surface area contributed by atoms with Crippen molar-refractivity contribution < 1.29 is 21.6 Å². The molecule has 2 rings (SSSR count). The third-order valence-electron chi connectivity index (χ3n) is 4.35. The Kier molecular flexibility index (Phi) is 8.54. The number of hydrogen-bond donors (Lipinski definition) is 2. The zero-order valence-corrected chi connectivity index (χ0v) is 18.7. The van der Waals surface area contributed by atoms with Gasteiger partial charge in [0.15, 0.2) is 0 Å². The average Bonchev–Trinajstić information content (AvgIpc) is 2.69. The van der Waals surface area contributed by atoms with Crippen LogP contribution >= 0.6 is 0 Å². The molecular weight excluding hydrogens is 426 g/mol. The van der Waals surface area contributed by atoms with Crippen LogP contribution in [0, 0.1) is 6.92 Å². The molecule has 0 saturated heterocycles. The van der Waals surface area contributed by atoms with E-state index in [0.29, 0.717) is 6.42 Å². The van der Waals surface area contributed by atoms with Gasteiger partial charge in [0, 0.05) is 19.6 Å². The second-order valence-corrected chi connectivity index (χ2v) is 10.6. The molecule has 0 aliphatic rings. The van der Waals surface area contributed by atoms with Crippen molar-refractivity contribution in [2.45, 2.75) is 18.2 Å². The molecule has 2 aromatic carbocycles. The molecule has 0 atom stereocenters. The summed E-state index contributed by atoms with van der Waals surface area (Å²) in [6.45, 7) is 1.75. The van der Waals surface area contributed by atoms with Crippen molar-refractivity contribution in [3.63, 3.8) is 0 Å². The van der Waals surface area contributed by atoms with Gasteiger partial charge >= 0.3 is 0 Å². The van der Waals surface area contributed by atoms with Gasteiger partial charge in [-0.3, -0.25) is 4.79 Å². The fraction of sp³-hybridized carbons (Fsp3) is 0.350. The first-order chi connectivity index (χ1) is 14.1. The van der Waals surface area contributed by atoms with Crippen molar-refractivity contribution in [3.8, 4) is 0 Å². The summed E-state index contributed by atoms with van der Waals surface area (Å²) in [5.41, 5.74) is 1.92. The molecule has 0 radical (unpaired) electrons. The topological polar surface area (TPSA) is 113 Å². The largest absolute Gasteiger partial charge is 0.354 e. The molecule has 164 valence electrons. The van der Waals surface area contributed by atoms with Crippen molar-refractivity contribution in [2.24, 2.45) is 0 Å². The smallest absolute Gasteiger partial charge is 0.240 e. The Hall–Kier alpha value is -2.27. The maximum Gasteiger partial charge on any atom is 0.240 e. The molecular formula is C20H27N3O5S2. The van der Waals surface area contributed by atoms with E-state index in [1.54, 1.807) is 12.1 Å². The lowest BCUT2D eigenvalue weighted by Gasteiger charge is -2.19. The van der Waals surface area contributed by atoms with Crippen LogP contribution in [0.4, 0.5) is 0 Å². The zero-order valence-electron chi connectivity index (χ0n) is 17.0. The number of sulfonamides is 2. The van der Waals surface area contributed by atoms with E-state index in [0.717, 1.165) is 21.7 Å². The van der Waals surface area contributed by atoms with E-state index >= 15 is 0 Å². The highest BCUT2D eigenvalue weighted by Gasteiger charge is 2.20. The van der Waals surface area contributed by atoms with E-state index in [-0.39, 0.29) is 31.1 Å². The van der Waals surface area contributed by atoms with Gasteiger partial charge in [0.2, 0.25) is 26.0 Å². The van der Waals surface area contributed by atoms with Crippen molar-refractivity contribution in [1.29, 1.82) is 0 Å². The van der Waals surface area contributed by atoms with E-state index in [4.69, 9.17) is 0 Å². The van der Waals surface area contributed by atoms with Gasteiger partial charge in [0.1, 0.15) is 0 Å². The van der Waals surface area contributed by atoms with Gasteiger partial charge in [0.25, 0.3) is 0 Å². The van der Waals surface area contributed by atoms with Crippen LogP contribution in [0.1, 0.15) is 11.1 Å². The first-order valence-corrected chi connectivity index (χ1v) is 12.7. The van der Waals surface area contributed by atoms with Crippen LogP contribution in [0.2, 0.25) is 0 Å². The second-order valence-electron chi connectivity index (χ2n) is 6.89. The van der Waals surface area contributed by atoms with Gasteiger partial charge in [-0.15, -0.1) is 0 Å². The second kappa shape index (κ2) is 10.7. The molecule has 10 heteroatoms. The number of rotatable bonds is 11. The highest BCUT2D eigenvalue weighted by atomic mass is 32.2. The van der Waals surface area contributed by atoms with Crippen molar-refractivity contribution >= 4 is 26.0 Å².